The minimum Gasteiger partial charge on any atom is -0.488 e. The van der Waals surface area contributed by atoms with Gasteiger partial charge in [-0.2, -0.15) is 0 Å². The molecular formula is C23H27BrN2O3. The predicted molar refractivity (Wildman–Crippen MR) is 117 cm³/mol. The molecule has 1 N–H and O–H groups in total. The van der Waals surface area contributed by atoms with Crippen molar-refractivity contribution in [2.24, 2.45) is 5.92 Å². The summed E-state index contributed by atoms with van der Waals surface area (Å²) < 4.78 is 6.92. The molecule has 2 aromatic rings. The average molecular weight is 459 g/mol. The normalized spacial score (nSPS) is 14.7. The van der Waals surface area contributed by atoms with Crippen molar-refractivity contribution < 1.29 is 14.3 Å². The van der Waals surface area contributed by atoms with Gasteiger partial charge in [-0.1, -0.05) is 54.0 Å². The largest absolute Gasteiger partial charge is 0.488 e. The fourth-order valence-corrected chi connectivity index (χ4v) is 3.89. The molecular weight excluding hydrogens is 432 g/mol. The molecule has 1 aliphatic rings. The van der Waals surface area contributed by atoms with Crippen LogP contribution in [0, 0.1) is 5.92 Å². The van der Waals surface area contributed by atoms with E-state index in [9.17, 15) is 9.59 Å². The number of para-hydroxylation sites is 1. The van der Waals surface area contributed by atoms with E-state index in [1.54, 1.807) is 6.07 Å². The van der Waals surface area contributed by atoms with Gasteiger partial charge in [-0.15, -0.1) is 0 Å². The molecule has 2 amide bonds. The summed E-state index contributed by atoms with van der Waals surface area (Å²) in [6, 6.07) is 15.3. The molecule has 2 aromatic carbocycles. The van der Waals surface area contributed by atoms with E-state index in [1.165, 1.54) is 0 Å². The fourth-order valence-electron chi connectivity index (χ4n) is 3.44. The summed E-state index contributed by atoms with van der Waals surface area (Å²) in [5.41, 5.74) is 1.56. The Morgan fingerprint density at radius 2 is 1.86 bits per heavy atom. The number of ether oxygens (including phenoxy) is 1. The molecule has 0 atom stereocenters. The molecule has 1 saturated heterocycles. The van der Waals surface area contributed by atoms with E-state index >= 15 is 0 Å². The Bertz CT molecular complexity index is 861. The van der Waals surface area contributed by atoms with Crippen LogP contribution in [0.2, 0.25) is 0 Å². The van der Waals surface area contributed by atoms with Crippen molar-refractivity contribution in [2.75, 3.05) is 13.1 Å². The fraction of sp³-hybridized carbons (Fsp3) is 0.391. The van der Waals surface area contributed by atoms with E-state index in [2.05, 4.69) is 21.2 Å². The summed E-state index contributed by atoms with van der Waals surface area (Å²) in [5, 5.41) is 3.11. The number of nitrogens with zero attached hydrogens (tertiary/aromatic N) is 1. The molecule has 1 heterocycles. The van der Waals surface area contributed by atoms with Gasteiger partial charge in [-0.3, -0.25) is 9.59 Å². The number of carbonyl (C=O) groups excluding carboxylic acids is 2. The third-order valence-electron chi connectivity index (χ3n) is 5.05. The van der Waals surface area contributed by atoms with Gasteiger partial charge < -0.3 is 15.0 Å². The third-order valence-corrected chi connectivity index (χ3v) is 5.54. The number of hydrogen-bond donors (Lipinski definition) is 1. The average Bonchev–Trinajstić information content (AvgIpc) is 2.72. The van der Waals surface area contributed by atoms with Crippen LogP contribution in [0.4, 0.5) is 0 Å². The molecule has 6 heteroatoms. The number of carbonyl (C=O) groups is 2. The van der Waals surface area contributed by atoms with Crippen molar-refractivity contribution in [1.82, 2.24) is 10.2 Å². The van der Waals surface area contributed by atoms with Gasteiger partial charge >= 0.3 is 0 Å². The molecule has 1 fully saturated rings. The zero-order valence-electron chi connectivity index (χ0n) is 16.9. The Labute approximate surface area is 180 Å². The summed E-state index contributed by atoms with van der Waals surface area (Å²) >= 11 is 3.46. The number of halogens is 1. The Kier molecular flexibility index (Phi) is 7.31. The van der Waals surface area contributed by atoms with Crippen LogP contribution in [0.5, 0.6) is 5.75 Å². The van der Waals surface area contributed by atoms with Gasteiger partial charge in [0.25, 0.3) is 5.91 Å². The number of rotatable bonds is 6. The van der Waals surface area contributed by atoms with Gasteiger partial charge in [0.05, 0.1) is 5.56 Å². The summed E-state index contributed by atoms with van der Waals surface area (Å²) in [6.07, 6.45) is 1.54. The van der Waals surface area contributed by atoms with Crippen LogP contribution < -0.4 is 10.1 Å². The third kappa shape index (κ3) is 5.82. The van der Waals surface area contributed by atoms with E-state index < -0.39 is 0 Å². The second-order valence-electron chi connectivity index (χ2n) is 7.64. The summed E-state index contributed by atoms with van der Waals surface area (Å²) in [7, 11) is 0. The maximum absolute atomic E-state index is 12.8. The number of piperidine rings is 1. The molecule has 0 unspecified atom stereocenters. The van der Waals surface area contributed by atoms with Crippen molar-refractivity contribution in [1.29, 1.82) is 0 Å². The molecule has 0 radical (unpaired) electrons. The first-order valence-electron chi connectivity index (χ1n) is 10.00. The van der Waals surface area contributed by atoms with Crippen molar-refractivity contribution in [3.05, 3.63) is 64.1 Å². The SMILES string of the molecule is CC(C)C(=O)N1CCC(NC(=O)c2ccccc2OCc2cccc(Br)c2)CC1. The van der Waals surface area contributed by atoms with E-state index in [0.717, 1.165) is 22.9 Å². The summed E-state index contributed by atoms with van der Waals surface area (Å²) in [4.78, 5) is 26.9. The van der Waals surface area contributed by atoms with Crippen LogP contribution >= 0.6 is 15.9 Å². The number of nitrogens with one attached hydrogen (secondary N) is 1. The Morgan fingerprint density at radius 1 is 1.14 bits per heavy atom. The lowest BCUT2D eigenvalue weighted by molar-refractivity contribution is -0.135. The van der Waals surface area contributed by atoms with Crippen molar-refractivity contribution in [3.8, 4) is 5.75 Å². The second kappa shape index (κ2) is 9.92. The minimum atomic E-state index is -0.136. The van der Waals surface area contributed by atoms with Gasteiger partial charge in [0.1, 0.15) is 12.4 Å². The predicted octanol–water partition coefficient (Wildman–Crippen LogP) is 4.40. The Hall–Kier alpha value is -2.34. The molecule has 29 heavy (non-hydrogen) atoms. The standard InChI is InChI=1S/C23H27BrN2O3/c1-16(2)23(28)26-12-10-19(11-13-26)25-22(27)20-8-3-4-9-21(20)29-15-17-6-5-7-18(24)14-17/h3-9,14,16,19H,10-13,15H2,1-2H3,(H,25,27). The molecule has 5 nitrogen and oxygen atoms in total. The van der Waals surface area contributed by atoms with Crippen LogP contribution in [0.3, 0.4) is 0 Å². The van der Waals surface area contributed by atoms with E-state index in [1.807, 2.05) is 61.2 Å². The number of likely N-dealkylation sites (tertiary alicyclic amines) is 1. The molecule has 0 saturated carbocycles. The van der Waals surface area contributed by atoms with Gasteiger partial charge in [-0.05, 0) is 42.7 Å². The summed E-state index contributed by atoms with van der Waals surface area (Å²) in [6.45, 7) is 5.59. The van der Waals surface area contributed by atoms with Crippen molar-refractivity contribution in [2.45, 2.75) is 39.3 Å². The second-order valence-corrected chi connectivity index (χ2v) is 8.56. The molecule has 3 rings (SSSR count). The highest BCUT2D eigenvalue weighted by atomic mass is 79.9. The quantitative estimate of drug-likeness (QED) is 0.697. The van der Waals surface area contributed by atoms with Crippen molar-refractivity contribution >= 4 is 27.7 Å². The van der Waals surface area contributed by atoms with Crippen LogP contribution in [-0.2, 0) is 11.4 Å². The van der Waals surface area contributed by atoms with Crippen LogP contribution in [0.25, 0.3) is 0 Å². The van der Waals surface area contributed by atoms with Gasteiger partial charge in [0.15, 0.2) is 0 Å². The zero-order chi connectivity index (χ0) is 20.8. The van der Waals surface area contributed by atoms with E-state index in [-0.39, 0.29) is 23.8 Å². The van der Waals surface area contributed by atoms with Crippen LogP contribution in [-0.4, -0.2) is 35.8 Å². The Morgan fingerprint density at radius 3 is 2.55 bits per heavy atom. The zero-order valence-corrected chi connectivity index (χ0v) is 18.4. The Balaban J connectivity index is 1.58. The number of amides is 2. The minimum absolute atomic E-state index is 0.00963. The first-order valence-corrected chi connectivity index (χ1v) is 10.8. The van der Waals surface area contributed by atoms with Gasteiger partial charge in [-0.25, -0.2) is 0 Å². The monoisotopic (exact) mass is 458 g/mol. The van der Waals surface area contributed by atoms with E-state index in [4.69, 9.17) is 4.74 Å². The highest BCUT2D eigenvalue weighted by Gasteiger charge is 2.26. The number of benzene rings is 2. The van der Waals surface area contributed by atoms with Crippen LogP contribution in [0.15, 0.2) is 53.0 Å². The van der Waals surface area contributed by atoms with Gasteiger partial charge in [0.2, 0.25) is 5.91 Å². The molecule has 1 aliphatic heterocycles. The molecule has 0 bridgehead atoms. The van der Waals surface area contributed by atoms with E-state index in [0.29, 0.717) is 31.0 Å². The molecule has 154 valence electrons. The lowest BCUT2D eigenvalue weighted by Gasteiger charge is -2.33. The highest BCUT2D eigenvalue weighted by Crippen LogP contribution is 2.21. The summed E-state index contributed by atoms with van der Waals surface area (Å²) in [5.74, 6) is 0.623. The first kappa shape index (κ1) is 21.4. The molecule has 0 spiro atoms. The lowest BCUT2D eigenvalue weighted by Crippen LogP contribution is -2.47. The molecule has 0 aromatic heterocycles. The lowest BCUT2D eigenvalue weighted by atomic mass is 10.0. The van der Waals surface area contributed by atoms with Gasteiger partial charge in [0, 0.05) is 29.5 Å². The smallest absolute Gasteiger partial charge is 0.255 e. The number of hydrogen-bond acceptors (Lipinski definition) is 3. The first-order chi connectivity index (χ1) is 13.9. The topological polar surface area (TPSA) is 58.6 Å². The maximum Gasteiger partial charge on any atom is 0.255 e. The van der Waals surface area contributed by atoms with Crippen molar-refractivity contribution in [3.63, 3.8) is 0 Å². The highest BCUT2D eigenvalue weighted by molar-refractivity contribution is 9.10. The molecule has 0 aliphatic carbocycles. The van der Waals surface area contributed by atoms with Crippen LogP contribution in [0.1, 0.15) is 42.6 Å². The maximum atomic E-state index is 12.8.